The van der Waals surface area contributed by atoms with Gasteiger partial charge in [0.2, 0.25) is 5.82 Å². The third-order valence-corrected chi connectivity index (χ3v) is 4.52. The molecule has 0 fully saturated rings. The molecule has 1 aromatic carbocycles. The fraction of sp³-hybridized carbons (Fsp3) is 0.353. The Balaban J connectivity index is 1.75. The summed E-state index contributed by atoms with van der Waals surface area (Å²) in [6.45, 7) is 1.45. The van der Waals surface area contributed by atoms with Crippen molar-refractivity contribution in [1.82, 2.24) is 25.2 Å². The molecule has 10 heteroatoms. The van der Waals surface area contributed by atoms with E-state index in [1.165, 1.54) is 7.05 Å². The number of aromatic nitrogens is 4. The molecular weight excluding hydrogens is 363 g/mol. The standard InChI is InChI=1S/C17H16F3N5O2/c1-25-12(7-14(23-25)17(18,19)20)15-22-16(27-24-15)10-3-4-13(26-2)11-8-21-6-5-9(10)11/h3-4,7,21H,5-6,8H2,1-2H3. The van der Waals surface area contributed by atoms with Gasteiger partial charge in [-0.2, -0.15) is 23.3 Å². The van der Waals surface area contributed by atoms with Gasteiger partial charge in [0.1, 0.15) is 11.4 Å². The summed E-state index contributed by atoms with van der Waals surface area (Å²) >= 11 is 0. The fourth-order valence-corrected chi connectivity index (χ4v) is 3.22. The lowest BCUT2D eigenvalue weighted by molar-refractivity contribution is -0.141. The van der Waals surface area contributed by atoms with Crippen LogP contribution in [0.4, 0.5) is 13.2 Å². The van der Waals surface area contributed by atoms with E-state index in [0.29, 0.717) is 6.54 Å². The van der Waals surface area contributed by atoms with Gasteiger partial charge in [0, 0.05) is 24.7 Å². The molecule has 3 aromatic rings. The van der Waals surface area contributed by atoms with E-state index in [-0.39, 0.29) is 17.4 Å². The lowest BCUT2D eigenvalue weighted by Crippen LogP contribution is -2.24. The van der Waals surface area contributed by atoms with Crippen molar-refractivity contribution in [3.05, 3.63) is 35.0 Å². The Morgan fingerprint density at radius 3 is 2.78 bits per heavy atom. The summed E-state index contributed by atoms with van der Waals surface area (Å²) in [5, 5.41) is 10.6. The molecule has 0 aliphatic carbocycles. The molecule has 2 aromatic heterocycles. The van der Waals surface area contributed by atoms with Crippen LogP contribution in [0.15, 0.2) is 22.7 Å². The summed E-state index contributed by atoms with van der Waals surface area (Å²) in [4.78, 5) is 4.30. The number of nitrogens with zero attached hydrogens (tertiary/aromatic N) is 4. The Labute approximate surface area is 152 Å². The van der Waals surface area contributed by atoms with E-state index < -0.39 is 11.9 Å². The predicted molar refractivity (Wildman–Crippen MR) is 88.9 cm³/mol. The zero-order valence-electron chi connectivity index (χ0n) is 14.6. The van der Waals surface area contributed by atoms with Crippen LogP contribution in [0.1, 0.15) is 16.8 Å². The molecule has 27 heavy (non-hydrogen) atoms. The Hall–Kier alpha value is -2.88. The minimum absolute atomic E-state index is 0.0500. The number of fused-ring (bicyclic) bond motifs is 1. The molecule has 0 atom stereocenters. The van der Waals surface area contributed by atoms with E-state index in [4.69, 9.17) is 9.26 Å². The smallest absolute Gasteiger partial charge is 0.435 e. The molecule has 0 saturated heterocycles. The summed E-state index contributed by atoms with van der Waals surface area (Å²) < 4.78 is 50.4. The minimum Gasteiger partial charge on any atom is -0.496 e. The van der Waals surface area contributed by atoms with Crippen LogP contribution in [0.5, 0.6) is 5.75 Å². The van der Waals surface area contributed by atoms with Gasteiger partial charge in [-0.05, 0) is 36.7 Å². The van der Waals surface area contributed by atoms with Crippen molar-refractivity contribution < 1.29 is 22.4 Å². The third kappa shape index (κ3) is 3.05. The SMILES string of the molecule is COc1ccc(-c2nc(-c3cc(C(F)(F)F)nn3C)no2)c2c1CNCC2. The maximum atomic E-state index is 12.9. The van der Waals surface area contributed by atoms with E-state index in [1.807, 2.05) is 12.1 Å². The number of halogens is 3. The van der Waals surface area contributed by atoms with Gasteiger partial charge >= 0.3 is 6.18 Å². The van der Waals surface area contributed by atoms with Crippen LogP contribution in [-0.2, 0) is 26.2 Å². The van der Waals surface area contributed by atoms with Gasteiger partial charge < -0.3 is 14.6 Å². The molecule has 3 heterocycles. The van der Waals surface area contributed by atoms with Gasteiger partial charge in [-0.15, -0.1) is 0 Å². The Morgan fingerprint density at radius 2 is 2.07 bits per heavy atom. The normalized spacial score (nSPS) is 14.3. The highest BCUT2D eigenvalue weighted by molar-refractivity contribution is 5.66. The molecule has 142 valence electrons. The van der Waals surface area contributed by atoms with Crippen molar-refractivity contribution in [2.45, 2.75) is 19.1 Å². The van der Waals surface area contributed by atoms with E-state index >= 15 is 0 Å². The number of nitrogens with one attached hydrogen (secondary N) is 1. The number of hydrogen-bond acceptors (Lipinski definition) is 6. The van der Waals surface area contributed by atoms with Crippen molar-refractivity contribution in [3.8, 4) is 28.7 Å². The number of benzene rings is 1. The number of ether oxygens (including phenoxy) is 1. The van der Waals surface area contributed by atoms with E-state index in [0.717, 1.165) is 46.2 Å². The minimum atomic E-state index is -4.54. The monoisotopic (exact) mass is 379 g/mol. The molecule has 0 bridgehead atoms. The van der Waals surface area contributed by atoms with E-state index in [9.17, 15) is 13.2 Å². The molecule has 0 unspecified atom stereocenters. The first kappa shape index (κ1) is 17.5. The van der Waals surface area contributed by atoms with Crippen LogP contribution < -0.4 is 10.1 Å². The molecule has 0 amide bonds. The zero-order chi connectivity index (χ0) is 19.2. The van der Waals surface area contributed by atoms with Gasteiger partial charge in [0.15, 0.2) is 5.69 Å². The van der Waals surface area contributed by atoms with Gasteiger partial charge in [0.25, 0.3) is 5.89 Å². The maximum Gasteiger partial charge on any atom is 0.435 e. The first-order valence-electron chi connectivity index (χ1n) is 8.23. The van der Waals surface area contributed by atoms with Crippen LogP contribution in [-0.4, -0.2) is 33.6 Å². The third-order valence-electron chi connectivity index (χ3n) is 4.52. The van der Waals surface area contributed by atoms with Crippen LogP contribution in [0.2, 0.25) is 0 Å². The van der Waals surface area contributed by atoms with E-state index in [2.05, 4.69) is 20.6 Å². The molecule has 4 rings (SSSR count). The largest absolute Gasteiger partial charge is 0.496 e. The Morgan fingerprint density at radius 1 is 1.26 bits per heavy atom. The lowest BCUT2D eigenvalue weighted by atomic mass is 9.94. The summed E-state index contributed by atoms with van der Waals surface area (Å²) in [5.74, 6) is 1.07. The molecule has 1 aliphatic heterocycles. The molecule has 0 spiro atoms. The summed E-state index contributed by atoms with van der Waals surface area (Å²) in [5.41, 5.74) is 1.93. The number of aryl methyl sites for hydroxylation is 1. The van der Waals surface area contributed by atoms with Gasteiger partial charge in [0.05, 0.1) is 7.11 Å². The van der Waals surface area contributed by atoms with Crippen LogP contribution in [0.3, 0.4) is 0 Å². The van der Waals surface area contributed by atoms with Crippen molar-refractivity contribution >= 4 is 0 Å². The topological polar surface area (TPSA) is 78.0 Å². The fourth-order valence-electron chi connectivity index (χ4n) is 3.22. The van der Waals surface area contributed by atoms with Crippen LogP contribution in [0, 0.1) is 0 Å². The maximum absolute atomic E-state index is 12.9. The number of hydrogen-bond donors (Lipinski definition) is 1. The predicted octanol–water partition coefficient (Wildman–Crippen LogP) is 2.81. The molecule has 1 aliphatic rings. The molecular formula is C17H16F3N5O2. The Bertz CT molecular complexity index is 993. The molecule has 0 saturated carbocycles. The first-order valence-corrected chi connectivity index (χ1v) is 8.23. The molecule has 7 nitrogen and oxygen atoms in total. The zero-order valence-corrected chi connectivity index (χ0v) is 14.6. The summed E-state index contributed by atoms with van der Waals surface area (Å²) in [6, 6.07) is 4.55. The van der Waals surface area contributed by atoms with Crippen LogP contribution >= 0.6 is 0 Å². The first-order chi connectivity index (χ1) is 12.9. The average Bonchev–Trinajstić information content (AvgIpc) is 3.27. The van der Waals surface area contributed by atoms with Gasteiger partial charge in [-0.1, -0.05) is 5.16 Å². The second kappa shape index (κ2) is 6.38. The molecule has 1 N–H and O–H groups in total. The highest BCUT2D eigenvalue weighted by Crippen LogP contribution is 2.35. The van der Waals surface area contributed by atoms with Crippen molar-refractivity contribution in [2.75, 3.05) is 13.7 Å². The lowest BCUT2D eigenvalue weighted by Gasteiger charge is -2.21. The highest BCUT2D eigenvalue weighted by Gasteiger charge is 2.35. The average molecular weight is 379 g/mol. The number of rotatable bonds is 3. The van der Waals surface area contributed by atoms with Crippen molar-refractivity contribution in [3.63, 3.8) is 0 Å². The summed E-state index contributed by atoms with van der Waals surface area (Å²) in [7, 11) is 3.01. The number of methoxy groups -OCH3 is 1. The van der Waals surface area contributed by atoms with Gasteiger partial charge in [-0.3, -0.25) is 4.68 Å². The Kier molecular flexibility index (Phi) is 4.14. The summed E-state index contributed by atoms with van der Waals surface area (Å²) in [6.07, 6.45) is -3.78. The van der Waals surface area contributed by atoms with Crippen molar-refractivity contribution in [1.29, 1.82) is 0 Å². The van der Waals surface area contributed by atoms with E-state index in [1.54, 1.807) is 7.11 Å². The highest BCUT2D eigenvalue weighted by atomic mass is 19.4. The molecule has 0 radical (unpaired) electrons. The quantitative estimate of drug-likeness (QED) is 0.754. The van der Waals surface area contributed by atoms with Crippen molar-refractivity contribution in [2.24, 2.45) is 7.05 Å². The second-order valence-corrected chi connectivity index (χ2v) is 6.16. The number of alkyl halides is 3. The van der Waals surface area contributed by atoms with Crippen LogP contribution in [0.25, 0.3) is 23.0 Å². The van der Waals surface area contributed by atoms with Gasteiger partial charge in [-0.25, -0.2) is 0 Å². The second-order valence-electron chi connectivity index (χ2n) is 6.16.